The van der Waals surface area contributed by atoms with Crippen molar-refractivity contribution in [1.82, 2.24) is 0 Å². The summed E-state index contributed by atoms with van der Waals surface area (Å²) in [5, 5.41) is 0. The van der Waals surface area contributed by atoms with E-state index < -0.39 is 10.1 Å². The molecular formula is C60H114O3S. The molecule has 1 N–H and O–H groups in total. The molecule has 4 heteroatoms. The zero-order valence-corrected chi connectivity index (χ0v) is 44.7. The van der Waals surface area contributed by atoms with Gasteiger partial charge in [-0.1, -0.05) is 316 Å². The second-order valence-electron chi connectivity index (χ2n) is 20.8. The first-order chi connectivity index (χ1) is 31.5. The Morgan fingerprint density at radius 1 is 0.281 bits per heavy atom. The Morgan fingerprint density at radius 2 is 0.484 bits per heavy atom. The minimum Gasteiger partial charge on any atom is -0.282 e. The molecule has 1 aromatic rings. The quantitative estimate of drug-likeness (QED) is 0.0523. The van der Waals surface area contributed by atoms with Gasteiger partial charge in [0.15, 0.2) is 0 Å². The van der Waals surface area contributed by atoms with Crippen LogP contribution >= 0.6 is 0 Å². The molecule has 0 atom stereocenters. The van der Waals surface area contributed by atoms with Gasteiger partial charge in [0, 0.05) is 0 Å². The summed E-state index contributed by atoms with van der Waals surface area (Å²) in [5.41, 5.74) is 3.57. The zero-order chi connectivity index (χ0) is 46.3. The lowest BCUT2D eigenvalue weighted by Gasteiger charge is -2.18. The summed E-state index contributed by atoms with van der Waals surface area (Å²) in [6.45, 7) is 6.89. The number of unbranched alkanes of at least 4 members (excludes halogenated alkanes) is 45. The summed E-state index contributed by atoms with van der Waals surface area (Å²) in [5.74, 6) is 0. The third-order valence-corrected chi connectivity index (χ3v) is 15.6. The minimum absolute atomic E-state index is 0.190. The molecule has 0 aliphatic carbocycles. The predicted octanol–water partition coefficient (Wildman–Crippen LogP) is 21.3. The van der Waals surface area contributed by atoms with Crippen LogP contribution < -0.4 is 0 Å². The number of benzene rings is 1. The van der Waals surface area contributed by atoms with Crippen LogP contribution in [-0.2, 0) is 29.4 Å². The van der Waals surface area contributed by atoms with Crippen molar-refractivity contribution in [3.63, 3.8) is 0 Å². The Bertz CT molecular complexity index is 1210. The van der Waals surface area contributed by atoms with Gasteiger partial charge in [0.05, 0.1) is 4.90 Å². The van der Waals surface area contributed by atoms with Crippen LogP contribution in [0.4, 0.5) is 0 Å². The molecule has 0 fully saturated rings. The second-order valence-corrected chi connectivity index (χ2v) is 22.2. The normalized spacial score (nSPS) is 11.9. The SMILES string of the molecule is CCCCCCCCCCCCCCCCCCc1ccc(S(=O)(=O)O)c(CCCCCCCCCCCCCCCCCC)c1CCCCCCCCCCCCCCCCCC. The van der Waals surface area contributed by atoms with Gasteiger partial charge in [0.1, 0.15) is 0 Å². The monoisotopic (exact) mass is 915 g/mol. The topological polar surface area (TPSA) is 54.4 Å². The fraction of sp³-hybridized carbons (Fsp3) is 0.900. The molecule has 0 bridgehead atoms. The van der Waals surface area contributed by atoms with Gasteiger partial charge in [-0.3, -0.25) is 4.55 Å². The highest BCUT2D eigenvalue weighted by molar-refractivity contribution is 7.85. The van der Waals surface area contributed by atoms with Gasteiger partial charge in [-0.15, -0.1) is 0 Å². The van der Waals surface area contributed by atoms with E-state index in [1.54, 1.807) is 6.07 Å². The van der Waals surface area contributed by atoms with Crippen LogP contribution in [-0.4, -0.2) is 13.0 Å². The largest absolute Gasteiger partial charge is 0.294 e. The molecule has 378 valence electrons. The smallest absolute Gasteiger partial charge is 0.282 e. The summed E-state index contributed by atoms with van der Waals surface area (Å²) >= 11 is 0. The first-order valence-electron chi connectivity index (χ1n) is 29.6. The Morgan fingerprint density at radius 3 is 0.719 bits per heavy atom. The van der Waals surface area contributed by atoms with E-state index in [4.69, 9.17) is 0 Å². The molecule has 0 amide bonds. The van der Waals surface area contributed by atoms with Crippen LogP contribution in [0.25, 0.3) is 0 Å². The van der Waals surface area contributed by atoms with E-state index in [0.717, 1.165) is 44.1 Å². The van der Waals surface area contributed by atoms with E-state index in [2.05, 4.69) is 26.8 Å². The Balaban J connectivity index is 2.55. The molecule has 1 aromatic carbocycles. The number of hydrogen-bond donors (Lipinski definition) is 1. The zero-order valence-electron chi connectivity index (χ0n) is 43.9. The molecule has 64 heavy (non-hydrogen) atoms. The van der Waals surface area contributed by atoms with E-state index in [9.17, 15) is 13.0 Å². The van der Waals surface area contributed by atoms with Crippen molar-refractivity contribution in [1.29, 1.82) is 0 Å². The highest BCUT2D eigenvalue weighted by atomic mass is 32.2. The maximum atomic E-state index is 12.8. The Kier molecular flexibility index (Phi) is 45.1. The summed E-state index contributed by atoms with van der Waals surface area (Å²) in [6, 6.07) is 3.81. The van der Waals surface area contributed by atoms with Gasteiger partial charge in [-0.05, 0) is 61.3 Å². The highest BCUT2D eigenvalue weighted by Crippen LogP contribution is 2.29. The van der Waals surface area contributed by atoms with Gasteiger partial charge in [-0.25, -0.2) is 0 Å². The molecule has 0 unspecified atom stereocenters. The average molecular weight is 916 g/mol. The van der Waals surface area contributed by atoms with E-state index in [0.29, 0.717) is 0 Å². The molecule has 0 radical (unpaired) electrons. The van der Waals surface area contributed by atoms with E-state index in [1.807, 2.05) is 0 Å². The van der Waals surface area contributed by atoms with Crippen molar-refractivity contribution in [2.45, 2.75) is 353 Å². The van der Waals surface area contributed by atoms with Crippen molar-refractivity contribution in [3.8, 4) is 0 Å². The van der Waals surface area contributed by atoms with Crippen molar-refractivity contribution < 1.29 is 13.0 Å². The first kappa shape index (κ1) is 61.1. The lowest BCUT2D eigenvalue weighted by molar-refractivity contribution is 0.481. The van der Waals surface area contributed by atoms with Crippen molar-refractivity contribution >= 4 is 10.1 Å². The van der Waals surface area contributed by atoms with Crippen LogP contribution in [0.15, 0.2) is 17.0 Å². The minimum atomic E-state index is -4.26. The summed E-state index contributed by atoms with van der Waals surface area (Å²) in [4.78, 5) is 0.190. The van der Waals surface area contributed by atoms with Gasteiger partial charge in [-0.2, -0.15) is 8.42 Å². The lowest BCUT2D eigenvalue weighted by atomic mass is 9.90. The van der Waals surface area contributed by atoms with E-state index in [-0.39, 0.29) is 4.90 Å². The molecule has 1 rings (SSSR count). The molecule has 0 aliphatic heterocycles. The average Bonchev–Trinajstić information content (AvgIpc) is 3.28. The van der Waals surface area contributed by atoms with Gasteiger partial charge < -0.3 is 0 Å². The standard InChI is InChI=1S/C60H114O3S/c1-4-7-10-13-16-19-22-25-28-31-34-37-40-43-46-49-52-57-55-56-60(64(61,62)63)59(54-51-48-45-42-39-36-33-30-27-24-21-18-15-12-9-6-3)58(57)53-50-47-44-41-38-35-32-29-26-23-20-17-14-11-8-5-2/h55-56H,4-54H2,1-3H3,(H,61,62,63). The summed E-state index contributed by atoms with van der Waals surface area (Å²) < 4.78 is 36.0. The van der Waals surface area contributed by atoms with E-state index >= 15 is 0 Å². The van der Waals surface area contributed by atoms with Crippen LogP contribution in [0.3, 0.4) is 0 Å². The van der Waals surface area contributed by atoms with Crippen LogP contribution in [0.2, 0.25) is 0 Å². The maximum Gasteiger partial charge on any atom is 0.294 e. The maximum absolute atomic E-state index is 12.8. The number of rotatable bonds is 52. The second kappa shape index (κ2) is 47.2. The third-order valence-electron chi connectivity index (χ3n) is 14.6. The molecule has 0 saturated heterocycles. The molecule has 0 heterocycles. The lowest BCUT2D eigenvalue weighted by Crippen LogP contribution is -2.10. The molecule has 0 aromatic heterocycles. The van der Waals surface area contributed by atoms with E-state index in [1.165, 1.54) is 300 Å². The van der Waals surface area contributed by atoms with Crippen molar-refractivity contribution in [2.24, 2.45) is 0 Å². The molecule has 0 aliphatic rings. The predicted molar refractivity (Wildman–Crippen MR) is 286 cm³/mol. The number of aryl methyl sites for hydroxylation is 1. The van der Waals surface area contributed by atoms with Gasteiger partial charge in [0.25, 0.3) is 10.1 Å². The van der Waals surface area contributed by atoms with Gasteiger partial charge >= 0.3 is 0 Å². The summed E-state index contributed by atoms with van der Waals surface area (Å²) in [7, 11) is -4.26. The summed E-state index contributed by atoms with van der Waals surface area (Å²) in [6.07, 6.45) is 67.9. The van der Waals surface area contributed by atoms with Crippen molar-refractivity contribution in [2.75, 3.05) is 0 Å². The van der Waals surface area contributed by atoms with Crippen LogP contribution in [0.5, 0.6) is 0 Å². The first-order valence-corrected chi connectivity index (χ1v) is 31.0. The fourth-order valence-corrected chi connectivity index (χ4v) is 11.1. The molecule has 3 nitrogen and oxygen atoms in total. The van der Waals surface area contributed by atoms with Gasteiger partial charge in [0.2, 0.25) is 0 Å². The highest BCUT2D eigenvalue weighted by Gasteiger charge is 2.21. The number of hydrogen-bond acceptors (Lipinski definition) is 2. The molecular weight excluding hydrogens is 801 g/mol. The Labute approximate surface area is 403 Å². The molecule has 0 spiro atoms. The van der Waals surface area contributed by atoms with Crippen LogP contribution in [0, 0.1) is 0 Å². The van der Waals surface area contributed by atoms with Crippen molar-refractivity contribution in [3.05, 3.63) is 28.8 Å². The fourth-order valence-electron chi connectivity index (χ4n) is 10.3. The molecule has 0 saturated carbocycles. The third kappa shape index (κ3) is 38.1. The Hall–Kier alpha value is -0.870. The van der Waals surface area contributed by atoms with Crippen LogP contribution in [0.1, 0.15) is 346 Å².